The molecule has 7 heteroatoms. The molecule has 2 aliphatic rings. The Bertz CT molecular complexity index is 1070. The molecular formula is C28H34N2O5. The molecule has 2 aliphatic carbocycles. The van der Waals surface area contributed by atoms with E-state index in [1.54, 1.807) is 0 Å². The third-order valence-corrected chi connectivity index (χ3v) is 6.70. The van der Waals surface area contributed by atoms with Gasteiger partial charge in [0.05, 0.1) is 12.0 Å². The molecule has 2 aromatic rings. The zero-order valence-electron chi connectivity index (χ0n) is 20.6. The Hall–Kier alpha value is -3.35. The van der Waals surface area contributed by atoms with E-state index in [0.717, 1.165) is 22.3 Å². The first-order chi connectivity index (χ1) is 16.6. The third-order valence-electron chi connectivity index (χ3n) is 6.70. The van der Waals surface area contributed by atoms with Crippen molar-refractivity contribution in [2.24, 2.45) is 5.41 Å². The average molecular weight is 479 g/mol. The maximum Gasteiger partial charge on any atom is 0.407 e. The van der Waals surface area contributed by atoms with Crippen LogP contribution in [0, 0.1) is 5.41 Å². The Labute approximate surface area is 206 Å². The number of nitrogens with one attached hydrogen (secondary N) is 2. The summed E-state index contributed by atoms with van der Waals surface area (Å²) in [5, 5.41) is 14.9. The number of hydrogen-bond acceptors (Lipinski definition) is 4. The first-order valence-electron chi connectivity index (χ1n) is 12.2. The molecule has 35 heavy (non-hydrogen) atoms. The number of carbonyl (C=O) groups excluding carboxylic acids is 2. The molecule has 0 heterocycles. The number of amides is 2. The van der Waals surface area contributed by atoms with Crippen LogP contribution in [0.1, 0.15) is 69.9 Å². The fourth-order valence-electron chi connectivity index (χ4n) is 5.08. The van der Waals surface area contributed by atoms with Gasteiger partial charge in [-0.25, -0.2) is 4.79 Å². The Kier molecular flexibility index (Phi) is 6.88. The summed E-state index contributed by atoms with van der Waals surface area (Å²) in [6, 6.07) is 15.9. The molecule has 0 bridgehead atoms. The van der Waals surface area contributed by atoms with Crippen LogP contribution in [0.4, 0.5) is 4.79 Å². The summed E-state index contributed by atoms with van der Waals surface area (Å²) in [6.45, 7) is 6.34. The van der Waals surface area contributed by atoms with Gasteiger partial charge in [-0.2, -0.15) is 0 Å². The standard InChI is InChI=1S/C28H34N2O5/c1-27(2,3)15-18(14-24(31)30-28(12-13-28)16-25(32)33)29-26(34)35-17-23-21-10-6-4-8-19(21)20-9-5-7-11-22(20)23/h4-11,18,23H,12-17H2,1-3H3,(H,29,34)(H,30,31)(H,32,33). The summed E-state index contributed by atoms with van der Waals surface area (Å²) >= 11 is 0. The number of rotatable bonds is 9. The molecule has 3 N–H and O–H groups in total. The van der Waals surface area contributed by atoms with Crippen LogP contribution in [0.2, 0.25) is 0 Å². The third kappa shape index (κ3) is 6.21. The number of ether oxygens (including phenoxy) is 1. The minimum atomic E-state index is -0.925. The largest absolute Gasteiger partial charge is 0.481 e. The zero-order chi connectivity index (χ0) is 25.2. The quantitative estimate of drug-likeness (QED) is 0.478. The van der Waals surface area contributed by atoms with Gasteiger partial charge in [-0.1, -0.05) is 69.3 Å². The fraction of sp³-hybridized carbons (Fsp3) is 0.464. The van der Waals surface area contributed by atoms with E-state index in [1.807, 2.05) is 45.0 Å². The first-order valence-corrected chi connectivity index (χ1v) is 12.2. The number of hydrogen-bond donors (Lipinski definition) is 3. The van der Waals surface area contributed by atoms with Gasteiger partial charge in [0.2, 0.25) is 5.91 Å². The van der Waals surface area contributed by atoms with Gasteiger partial charge in [0, 0.05) is 18.4 Å². The van der Waals surface area contributed by atoms with Crippen LogP contribution in [0.25, 0.3) is 11.1 Å². The van der Waals surface area contributed by atoms with Gasteiger partial charge in [-0.3, -0.25) is 9.59 Å². The predicted octanol–water partition coefficient (Wildman–Crippen LogP) is 4.84. The minimum absolute atomic E-state index is 0.0386. The van der Waals surface area contributed by atoms with Gasteiger partial charge in [0.1, 0.15) is 6.61 Å². The number of alkyl carbamates (subject to hydrolysis) is 1. The lowest BCUT2D eigenvalue weighted by Gasteiger charge is -2.27. The molecule has 0 aliphatic heterocycles. The maximum absolute atomic E-state index is 12.8. The Morgan fingerprint density at radius 1 is 1.03 bits per heavy atom. The van der Waals surface area contributed by atoms with Crippen LogP contribution in [0.3, 0.4) is 0 Å². The van der Waals surface area contributed by atoms with Crippen molar-refractivity contribution >= 4 is 18.0 Å². The van der Waals surface area contributed by atoms with E-state index in [1.165, 1.54) is 0 Å². The van der Waals surface area contributed by atoms with Crippen LogP contribution < -0.4 is 10.6 Å². The molecule has 1 fully saturated rings. The highest BCUT2D eigenvalue weighted by Gasteiger charge is 2.46. The SMILES string of the molecule is CC(C)(C)CC(CC(=O)NC1(CC(=O)O)CC1)NC(=O)OCC1c2ccccc2-c2ccccc21. The molecule has 2 amide bonds. The molecule has 2 aromatic carbocycles. The number of fused-ring (bicyclic) bond motifs is 3. The van der Waals surface area contributed by atoms with Crippen molar-refractivity contribution in [1.29, 1.82) is 0 Å². The van der Waals surface area contributed by atoms with Crippen molar-refractivity contribution in [2.75, 3.05) is 6.61 Å². The van der Waals surface area contributed by atoms with Gasteiger partial charge in [0.15, 0.2) is 0 Å². The van der Waals surface area contributed by atoms with Crippen molar-refractivity contribution in [3.05, 3.63) is 59.7 Å². The molecule has 0 aromatic heterocycles. The van der Waals surface area contributed by atoms with E-state index in [9.17, 15) is 14.4 Å². The molecular weight excluding hydrogens is 444 g/mol. The fourth-order valence-corrected chi connectivity index (χ4v) is 5.08. The van der Waals surface area contributed by atoms with Crippen molar-refractivity contribution in [2.45, 2.75) is 70.4 Å². The lowest BCUT2D eigenvalue weighted by molar-refractivity contribution is -0.138. The lowest BCUT2D eigenvalue weighted by atomic mass is 9.87. The van der Waals surface area contributed by atoms with E-state index in [-0.39, 0.29) is 36.7 Å². The summed E-state index contributed by atoms with van der Waals surface area (Å²) in [5.41, 5.74) is 3.84. The average Bonchev–Trinajstić information content (AvgIpc) is 3.42. The van der Waals surface area contributed by atoms with E-state index >= 15 is 0 Å². The van der Waals surface area contributed by atoms with E-state index in [4.69, 9.17) is 9.84 Å². The summed E-state index contributed by atoms with van der Waals surface area (Å²) < 4.78 is 5.67. The molecule has 1 atom stereocenters. The van der Waals surface area contributed by atoms with Crippen LogP contribution in [0.15, 0.2) is 48.5 Å². The monoisotopic (exact) mass is 478 g/mol. The second-order valence-corrected chi connectivity index (χ2v) is 11.0. The second kappa shape index (κ2) is 9.72. The van der Waals surface area contributed by atoms with Crippen LogP contribution in [-0.4, -0.2) is 41.3 Å². The zero-order valence-corrected chi connectivity index (χ0v) is 20.6. The Balaban J connectivity index is 1.38. The number of carbonyl (C=O) groups is 3. The Morgan fingerprint density at radius 3 is 2.11 bits per heavy atom. The molecule has 1 saturated carbocycles. The number of aliphatic carboxylic acids is 1. The molecule has 4 rings (SSSR count). The summed E-state index contributed by atoms with van der Waals surface area (Å²) in [5.74, 6) is -1.22. The number of carboxylic acid groups (broad SMARTS) is 1. The highest BCUT2D eigenvalue weighted by Crippen LogP contribution is 2.44. The maximum atomic E-state index is 12.8. The van der Waals surface area contributed by atoms with Crippen LogP contribution in [0.5, 0.6) is 0 Å². The predicted molar refractivity (Wildman–Crippen MR) is 133 cm³/mol. The van der Waals surface area contributed by atoms with E-state index < -0.39 is 23.6 Å². The topological polar surface area (TPSA) is 105 Å². The highest BCUT2D eigenvalue weighted by atomic mass is 16.5. The summed E-state index contributed by atoms with van der Waals surface area (Å²) in [6.07, 6.45) is 1.34. The van der Waals surface area contributed by atoms with Gasteiger partial charge >= 0.3 is 12.1 Å². The highest BCUT2D eigenvalue weighted by molar-refractivity contribution is 5.81. The van der Waals surface area contributed by atoms with Crippen molar-refractivity contribution in [3.8, 4) is 11.1 Å². The second-order valence-electron chi connectivity index (χ2n) is 11.0. The number of benzene rings is 2. The molecule has 7 nitrogen and oxygen atoms in total. The molecule has 0 spiro atoms. The summed E-state index contributed by atoms with van der Waals surface area (Å²) in [7, 11) is 0. The van der Waals surface area contributed by atoms with E-state index in [0.29, 0.717) is 19.3 Å². The molecule has 0 saturated heterocycles. The normalized spacial score (nSPS) is 16.5. The van der Waals surface area contributed by atoms with Gasteiger partial charge in [0.25, 0.3) is 0 Å². The minimum Gasteiger partial charge on any atom is -0.481 e. The lowest BCUT2D eigenvalue weighted by Crippen LogP contribution is -2.45. The van der Waals surface area contributed by atoms with Gasteiger partial charge < -0.3 is 20.5 Å². The molecule has 0 radical (unpaired) electrons. The van der Waals surface area contributed by atoms with E-state index in [2.05, 4.69) is 34.9 Å². The van der Waals surface area contributed by atoms with Crippen LogP contribution in [-0.2, 0) is 14.3 Å². The molecule has 1 unspecified atom stereocenters. The first kappa shape index (κ1) is 24.8. The van der Waals surface area contributed by atoms with Gasteiger partial charge in [-0.05, 0) is 46.9 Å². The van der Waals surface area contributed by atoms with Crippen molar-refractivity contribution in [1.82, 2.24) is 10.6 Å². The Morgan fingerprint density at radius 2 is 1.60 bits per heavy atom. The smallest absolute Gasteiger partial charge is 0.407 e. The number of carboxylic acids is 1. The van der Waals surface area contributed by atoms with Gasteiger partial charge in [-0.15, -0.1) is 0 Å². The molecule has 186 valence electrons. The van der Waals surface area contributed by atoms with Crippen LogP contribution >= 0.6 is 0 Å². The van der Waals surface area contributed by atoms with Crippen molar-refractivity contribution < 1.29 is 24.2 Å². The van der Waals surface area contributed by atoms with Crippen molar-refractivity contribution in [3.63, 3.8) is 0 Å². The summed E-state index contributed by atoms with van der Waals surface area (Å²) in [4.78, 5) is 36.6.